The maximum Gasteiger partial charge on any atom is 0.187 e. The molecule has 0 aliphatic heterocycles. The van der Waals surface area contributed by atoms with Gasteiger partial charge < -0.3 is 14.8 Å². The molecule has 5 heteroatoms. The summed E-state index contributed by atoms with van der Waals surface area (Å²) >= 11 is 0. The van der Waals surface area contributed by atoms with Crippen LogP contribution in [-0.4, -0.2) is 30.0 Å². The number of aromatic nitrogens is 2. The van der Waals surface area contributed by atoms with Crippen LogP contribution in [0, 0.1) is 0 Å². The number of rotatable bonds is 9. The molecule has 0 aliphatic rings. The third kappa shape index (κ3) is 4.74. The maximum atomic E-state index is 5.75. The molecule has 5 nitrogen and oxygen atoms in total. The Balaban J connectivity index is 2.40. The molecule has 0 spiro atoms. The largest absolute Gasteiger partial charge is 0.368 e. The Morgan fingerprint density at radius 3 is 2.30 bits per heavy atom. The Kier molecular flexibility index (Phi) is 6.97. The van der Waals surface area contributed by atoms with Crippen molar-refractivity contribution in [2.45, 2.75) is 33.5 Å². The first kappa shape index (κ1) is 17.4. The van der Waals surface area contributed by atoms with E-state index in [9.17, 15) is 0 Å². The molecule has 0 unspecified atom stereocenters. The summed E-state index contributed by atoms with van der Waals surface area (Å²) in [5, 5.41) is 12.0. The highest BCUT2D eigenvalue weighted by Crippen LogP contribution is 2.28. The van der Waals surface area contributed by atoms with Crippen molar-refractivity contribution in [3.8, 4) is 11.3 Å². The van der Waals surface area contributed by atoms with Gasteiger partial charge in [0.1, 0.15) is 0 Å². The molecule has 0 aliphatic carbocycles. The van der Waals surface area contributed by atoms with Crippen molar-refractivity contribution in [1.82, 2.24) is 10.2 Å². The normalized spacial score (nSPS) is 11.0. The van der Waals surface area contributed by atoms with Crippen LogP contribution in [-0.2, 0) is 9.47 Å². The minimum Gasteiger partial charge on any atom is -0.368 e. The highest BCUT2D eigenvalue weighted by atomic mass is 16.7. The molecule has 1 aromatic heterocycles. The number of anilines is 1. The summed E-state index contributed by atoms with van der Waals surface area (Å²) in [4.78, 5) is 0. The molecule has 2 rings (SSSR count). The first-order valence-corrected chi connectivity index (χ1v) is 8.20. The summed E-state index contributed by atoms with van der Waals surface area (Å²) in [6, 6.07) is 12.0. The Labute approximate surface area is 138 Å². The maximum absolute atomic E-state index is 5.75. The average molecular weight is 315 g/mol. The van der Waals surface area contributed by atoms with Crippen molar-refractivity contribution >= 4 is 5.82 Å². The summed E-state index contributed by atoms with van der Waals surface area (Å²) in [7, 11) is 0. The van der Waals surface area contributed by atoms with E-state index >= 15 is 0 Å². The van der Waals surface area contributed by atoms with Crippen LogP contribution in [0.2, 0.25) is 0 Å². The van der Waals surface area contributed by atoms with E-state index in [4.69, 9.17) is 9.47 Å². The molecule has 1 aromatic carbocycles. The van der Waals surface area contributed by atoms with Crippen LogP contribution < -0.4 is 5.32 Å². The van der Waals surface area contributed by atoms with E-state index in [0.29, 0.717) is 13.2 Å². The summed E-state index contributed by atoms with van der Waals surface area (Å²) < 4.78 is 11.5. The van der Waals surface area contributed by atoms with Crippen LogP contribution in [0.1, 0.15) is 39.0 Å². The van der Waals surface area contributed by atoms with Gasteiger partial charge in [-0.1, -0.05) is 37.3 Å². The van der Waals surface area contributed by atoms with E-state index in [0.717, 1.165) is 35.6 Å². The molecule has 1 N–H and O–H groups in total. The highest BCUT2D eigenvalue weighted by Gasteiger charge is 2.19. The zero-order valence-corrected chi connectivity index (χ0v) is 14.1. The molecule has 0 atom stereocenters. The van der Waals surface area contributed by atoms with Gasteiger partial charge in [-0.15, -0.1) is 10.2 Å². The van der Waals surface area contributed by atoms with Crippen molar-refractivity contribution in [3.05, 3.63) is 42.0 Å². The molecule has 0 saturated carbocycles. The van der Waals surface area contributed by atoms with Crippen molar-refractivity contribution in [1.29, 1.82) is 0 Å². The van der Waals surface area contributed by atoms with Gasteiger partial charge in [0.15, 0.2) is 12.1 Å². The lowest BCUT2D eigenvalue weighted by molar-refractivity contribution is -0.140. The summed E-state index contributed by atoms with van der Waals surface area (Å²) in [6.07, 6.45) is 0.567. The third-order valence-corrected chi connectivity index (χ3v) is 3.33. The number of nitrogens with zero attached hydrogens (tertiary/aromatic N) is 2. The second kappa shape index (κ2) is 9.22. The minimum absolute atomic E-state index is 0.442. The van der Waals surface area contributed by atoms with Crippen molar-refractivity contribution < 1.29 is 9.47 Å². The van der Waals surface area contributed by atoms with Gasteiger partial charge in [0.05, 0.1) is 11.3 Å². The van der Waals surface area contributed by atoms with Crippen molar-refractivity contribution in [2.24, 2.45) is 0 Å². The van der Waals surface area contributed by atoms with E-state index in [1.54, 1.807) is 0 Å². The quantitative estimate of drug-likeness (QED) is 0.708. The molecule has 23 heavy (non-hydrogen) atoms. The van der Waals surface area contributed by atoms with E-state index in [-0.39, 0.29) is 0 Å². The van der Waals surface area contributed by atoms with Gasteiger partial charge in [-0.05, 0) is 26.3 Å². The smallest absolute Gasteiger partial charge is 0.187 e. The first-order chi connectivity index (χ1) is 11.3. The first-order valence-electron chi connectivity index (χ1n) is 8.20. The molecule has 124 valence electrons. The second-order valence-corrected chi connectivity index (χ2v) is 5.07. The summed E-state index contributed by atoms with van der Waals surface area (Å²) in [5.41, 5.74) is 2.72. The van der Waals surface area contributed by atoms with Gasteiger partial charge in [-0.25, -0.2) is 0 Å². The van der Waals surface area contributed by atoms with Crippen LogP contribution in [0.25, 0.3) is 11.3 Å². The van der Waals surface area contributed by atoms with E-state index in [1.807, 2.05) is 50.2 Å². The number of ether oxygens (including phenoxy) is 2. The summed E-state index contributed by atoms with van der Waals surface area (Å²) in [6.45, 7) is 8.00. The van der Waals surface area contributed by atoms with Crippen molar-refractivity contribution in [2.75, 3.05) is 25.1 Å². The molecule has 1 heterocycles. The Morgan fingerprint density at radius 1 is 1.00 bits per heavy atom. The third-order valence-electron chi connectivity index (χ3n) is 3.33. The second-order valence-electron chi connectivity index (χ2n) is 5.07. The molecule has 0 fully saturated rings. The fraction of sp³-hybridized carbons (Fsp3) is 0.444. The van der Waals surface area contributed by atoms with Crippen molar-refractivity contribution in [3.63, 3.8) is 0 Å². The van der Waals surface area contributed by atoms with Crippen LogP contribution in [0.4, 0.5) is 5.82 Å². The van der Waals surface area contributed by atoms with Gasteiger partial charge in [-0.2, -0.15) is 0 Å². The molecule has 0 radical (unpaired) electrons. The van der Waals surface area contributed by atoms with Crippen LogP contribution in [0.3, 0.4) is 0 Å². The summed E-state index contributed by atoms with van der Waals surface area (Å²) in [5.74, 6) is 0.721. The SMILES string of the molecule is CCCNc1nnc(-c2ccccc2)cc1C(OCC)OCC. The molecule has 0 bridgehead atoms. The standard InChI is InChI=1S/C18H25N3O2/c1-4-12-19-17-15(18(22-5-2)23-6-3)13-16(20-21-17)14-10-8-7-9-11-14/h7-11,13,18H,4-6,12H2,1-3H3,(H,19,21). The molecule has 0 amide bonds. The monoisotopic (exact) mass is 315 g/mol. The number of hydrogen-bond donors (Lipinski definition) is 1. The van der Waals surface area contributed by atoms with Crippen LogP contribution >= 0.6 is 0 Å². The minimum atomic E-state index is -0.442. The number of nitrogens with one attached hydrogen (secondary N) is 1. The zero-order chi connectivity index (χ0) is 16.5. The lowest BCUT2D eigenvalue weighted by atomic mass is 10.1. The fourth-order valence-corrected chi connectivity index (χ4v) is 2.25. The fourth-order valence-electron chi connectivity index (χ4n) is 2.25. The Morgan fingerprint density at radius 2 is 1.70 bits per heavy atom. The average Bonchev–Trinajstić information content (AvgIpc) is 2.60. The van der Waals surface area contributed by atoms with E-state index < -0.39 is 6.29 Å². The van der Waals surface area contributed by atoms with Gasteiger partial charge in [-0.3, -0.25) is 0 Å². The predicted octanol–water partition coefficient (Wildman–Crippen LogP) is 4.04. The van der Waals surface area contributed by atoms with E-state index in [2.05, 4.69) is 22.4 Å². The zero-order valence-electron chi connectivity index (χ0n) is 14.1. The van der Waals surface area contributed by atoms with Crippen LogP contribution in [0.15, 0.2) is 36.4 Å². The van der Waals surface area contributed by atoms with Gasteiger partial charge in [0.25, 0.3) is 0 Å². The van der Waals surface area contributed by atoms with Gasteiger partial charge >= 0.3 is 0 Å². The molecular weight excluding hydrogens is 290 g/mol. The van der Waals surface area contributed by atoms with Gasteiger partial charge in [0, 0.05) is 25.3 Å². The molecule has 2 aromatic rings. The highest BCUT2D eigenvalue weighted by molar-refractivity contribution is 5.61. The predicted molar refractivity (Wildman–Crippen MR) is 92.2 cm³/mol. The van der Waals surface area contributed by atoms with E-state index in [1.165, 1.54) is 0 Å². The topological polar surface area (TPSA) is 56.3 Å². The van der Waals surface area contributed by atoms with Crippen LogP contribution in [0.5, 0.6) is 0 Å². The lowest BCUT2D eigenvalue weighted by Gasteiger charge is -2.20. The molecule has 0 saturated heterocycles. The number of hydrogen-bond acceptors (Lipinski definition) is 5. The Hall–Kier alpha value is -1.98. The Bertz CT molecular complexity index is 584. The number of benzene rings is 1. The van der Waals surface area contributed by atoms with Gasteiger partial charge in [0.2, 0.25) is 0 Å². The lowest BCUT2D eigenvalue weighted by Crippen LogP contribution is -2.15. The molecular formula is C18H25N3O2.